The largest absolute Gasteiger partial charge is 0.493 e. The van der Waals surface area contributed by atoms with Gasteiger partial charge in [0.25, 0.3) is 0 Å². The molecule has 1 aromatic heterocycles. The van der Waals surface area contributed by atoms with Crippen LogP contribution in [0.2, 0.25) is 0 Å². The Bertz CT molecular complexity index is 970. The Morgan fingerprint density at radius 1 is 1.00 bits per heavy atom. The van der Waals surface area contributed by atoms with Crippen LogP contribution in [0, 0.1) is 6.92 Å². The third-order valence-corrected chi connectivity index (χ3v) is 5.49. The molecule has 0 radical (unpaired) electrons. The van der Waals surface area contributed by atoms with Crippen molar-refractivity contribution in [3.8, 4) is 11.5 Å². The molecule has 0 saturated carbocycles. The van der Waals surface area contributed by atoms with Crippen LogP contribution in [-0.2, 0) is 6.54 Å². The lowest BCUT2D eigenvalue weighted by Gasteiger charge is -2.32. The summed E-state index contributed by atoms with van der Waals surface area (Å²) in [6.07, 6.45) is 2.18. The average molecular weight is 393 g/mol. The van der Waals surface area contributed by atoms with Crippen LogP contribution in [0.5, 0.6) is 11.5 Å². The van der Waals surface area contributed by atoms with E-state index in [0.29, 0.717) is 17.5 Å². The van der Waals surface area contributed by atoms with Gasteiger partial charge in [0.05, 0.1) is 19.7 Å². The molecular weight excluding hydrogens is 364 g/mol. The van der Waals surface area contributed by atoms with E-state index in [0.717, 1.165) is 55.0 Å². The summed E-state index contributed by atoms with van der Waals surface area (Å²) < 4.78 is 10.9. The monoisotopic (exact) mass is 392 g/mol. The van der Waals surface area contributed by atoms with Crippen molar-refractivity contribution in [2.24, 2.45) is 0 Å². The number of aryl methyl sites for hydroxylation is 1. The molecule has 152 valence electrons. The zero-order chi connectivity index (χ0) is 20.2. The first-order valence-corrected chi connectivity index (χ1v) is 10.1. The summed E-state index contributed by atoms with van der Waals surface area (Å²) in [6.45, 7) is 5.08. The van der Waals surface area contributed by atoms with Crippen LogP contribution < -0.4 is 14.8 Å². The Morgan fingerprint density at radius 2 is 1.69 bits per heavy atom. The van der Waals surface area contributed by atoms with Crippen molar-refractivity contribution in [2.45, 2.75) is 32.4 Å². The summed E-state index contributed by atoms with van der Waals surface area (Å²) in [5.41, 5.74) is 2.23. The highest BCUT2D eigenvalue weighted by atomic mass is 16.5. The normalized spacial score (nSPS) is 15.4. The predicted octanol–water partition coefficient (Wildman–Crippen LogP) is 4.03. The highest BCUT2D eigenvalue weighted by Gasteiger charge is 2.21. The number of hydrogen-bond donors (Lipinski definition) is 1. The minimum atomic E-state index is 0.396. The van der Waals surface area contributed by atoms with Gasteiger partial charge in [-0.1, -0.05) is 30.3 Å². The van der Waals surface area contributed by atoms with Crippen LogP contribution in [0.4, 0.5) is 5.82 Å². The molecule has 0 aliphatic carbocycles. The molecular formula is C23H28N4O2. The first kappa shape index (κ1) is 19.5. The molecule has 1 N–H and O–H groups in total. The molecule has 1 fully saturated rings. The second-order valence-electron chi connectivity index (χ2n) is 7.52. The van der Waals surface area contributed by atoms with Crippen molar-refractivity contribution >= 4 is 16.7 Å². The van der Waals surface area contributed by atoms with Crippen molar-refractivity contribution in [3.05, 3.63) is 53.9 Å². The minimum absolute atomic E-state index is 0.396. The lowest BCUT2D eigenvalue weighted by Crippen LogP contribution is -2.38. The number of rotatable bonds is 6. The van der Waals surface area contributed by atoms with Gasteiger partial charge in [-0.25, -0.2) is 9.97 Å². The number of piperidine rings is 1. The van der Waals surface area contributed by atoms with Crippen LogP contribution in [0.3, 0.4) is 0 Å². The van der Waals surface area contributed by atoms with Crippen molar-refractivity contribution in [3.63, 3.8) is 0 Å². The lowest BCUT2D eigenvalue weighted by molar-refractivity contribution is 0.211. The molecule has 1 aliphatic heterocycles. The van der Waals surface area contributed by atoms with E-state index in [1.807, 2.05) is 19.1 Å². The zero-order valence-corrected chi connectivity index (χ0v) is 17.3. The van der Waals surface area contributed by atoms with E-state index < -0.39 is 0 Å². The molecule has 3 aromatic rings. The standard InChI is InChI=1S/C23H28N4O2/c1-16-24-20-14-22(29-3)21(28-2)13-19(20)23(25-16)26-18-9-11-27(12-10-18)15-17-7-5-4-6-8-17/h4-8,13-14,18H,9-12,15H2,1-3H3,(H,24,25,26). The quantitative estimate of drug-likeness (QED) is 0.683. The van der Waals surface area contributed by atoms with E-state index in [2.05, 4.69) is 50.5 Å². The molecule has 1 saturated heterocycles. The topological polar surface area (TPSA) is 59.5 Å². The Morgan fingerprint density at radius 3 is 2.38 bits per heavy atom. The van der Waals surface area contributed by atoms with Crippen LogP contribution >= 0.6 is 0 Å². The Kier molecular flexibility index (Phi) is 5.81. The molecule has 0 unspecified atom stereocenters. The van der Waals surface area contributed by atoms with E-state index in [1.165, 1.54) is 5.56 Å². The molecule has 0 spiro atoms. The van der Waals surface area contributed by atoms with E-state index >= 15 is 0 Å². The molecule has 2 aromatic carbocycles. The maximum atomic E-state index is 5.48. The molecule has 6 heteroatoms. The minimum Gasteiger partial charge on any atom is -0.493 e. The van der Waals surface area contributed by atoms with E-state index in [9.17, 15) is 0 Å². The average Bonchev–Trinajstić information content (AvgIpc) is 2.75. The maximum absolute atomic E-state index is 5.48. The van der Waals surface area contributed by atoms with Gasteiger partial charge in [0.2, 0.25) is 0 Å². The van der Waals surface area contributed by atoms with Gasteiger partial charge >= 0.3 is 0 Å². The molecule has 0 amide bonds. The molecule has 0 atom stereocenters. The van der Waals surface area contributed by atoms with Crippen LogP contribution in [0.15, 0.2) is 42.5 Å². The predicted molar refractivity (Wildman–Crippen MR) is 116 cm³/mol. The SMILES string of the molecule is COc1cc2nc(C)nc(NC3CCN(Cc4ccccc4)CC3)c2cc1OC. The summed E-state index contributed by atoms with van der Waals surface area (Å²) in [5.74, 6) is 2.98. The highest BCUT2D eigenvalue weighted by molar-refractivity contribution is 5.92. The second-order valence-corrected chi connectivity index (χ2v) is 7.52. The summed E-state index contributed by atoms with van der Waals surface area (Å²) in [7, 11) is 3.29. The first-order valence-electron chi connectivity index (χ1n) is 10.1. The van der Waals surface area contributed by atoms with Crippen LogP contribution in [-0.4, -0.2) is 48.2 Å². The highest BCUT2D eigenvalue weighted by Crippen LogP contribution is 2.34. The van der Waals surface area contributed by atoms with E-state index in [4.69, 9.17) is 9.47 Å². The fourth-order valence-electron chi connectivity index (χ4n) is 3.95. The third-order valence-electron chi connectivity index (χ3n) is 5.49. The van der Waals surface area contributed by atoms with Gasteiger partial charge < -0.3 is 14.8 Å². The fourth-order valence-corrected chi connectivity index (χ4v) is 3.95. The van der Waals surface area contributed by atoms with Gasteiger partial charge in [-0.15, -0.1) is 0 Å². The number of nitrogens with zero attached hydrogens (tertiary/aromatic N) is 3. The van der Waals surface area contributed by atoms with Crippen molar-refractivity contribution in [1.29, 1.82) is 0 Å². The molecule has 4 rings (SSSR count). The zero-order valence-electron chi connectivity index (χ0n) is 17.3. The Balaban J connectivity index is 1.48. The number of aromatic nitrogens is 2. The number of likely N-dealkylation sites (tertiary alicyclic amines) is 1. The van der Waals surface area contributed by atoms with Crippen molar-refractivity contribution < 1.29 is 9.47 Å². The molecule has 2 heterocycles. The molecule has 6 nitrogen and oxygen atoms in total. The second kappa shape index (κ2) is 8.66. The van der Waals surface area contributed by atoms with Gasteiger partial charge in [0.15, 0.2) is 11.5 Å². The molecule has 29 heavy (non-hydrogen) atoms. The van der Waals surface area contributed by atoms with Gasteiger partial charge in [0.1, 0.15) is 11.6 Å². The lowest BCUT2D eigenvalue weighted by atomic mass is 10.0. The fraction of sp³-hybridized carbons (Fsp3) is 0.391. The van der Waals surface area contributed by atoms with Gasteiger partial charge in [-0.05, 0) is 31.4 Å². The van der Waals surface area contributed by atoms with Gasteiger partial charge in [0, 0.05) is 37.1 Å². The molecule has 0 bridgehead atoms. The number of fused-ring (bicyclic) bond motifs is 1. The number of methoxy groups -OCH3 is 2. The summed E-state index contributed by atoms with van der Waals surface area (Å²) in [6, 6.07) is 14.9. The number of hydrogen-bond acceptors (Lipinski definition) is 6. The first-order chi connectivity index (χ1) is 14.2. The van der Waals surface area contributed by atoms with Crippen LogP contribution in [0.25, 0.3) is 10.9 Å². The summed E-state index contributed by atoms with van der Waals surface area (Å²) >= 11 is 0. The summed E-state index contributed by atoms with van der Waals surface area (Å²) in [4.78, 5) is 11.8. The van der Waals surface area contributed by atoms with Crippen LogP contribution in [0.1, 0.15) is 24.2 Å². The number of ether oxygens (including phenoxy) is 2. The summed E-state index contributed by atoms with van der Waals surface area (Å²) in [5, 5.41) is 4.62. The molecule has 1 aliphatic rings. The van der Waals surface area contributed by atoms with Gasteiger partial charge in [-0.3, -0.25) is 4.90 Å². The van der Waals surface area contributed by atoms with E-state index in [1.54, 1.807) is 14.2 Å². The number of nitrogens with one attached hydrogen (secondary N) is 1. The Labute approximate surface area is 171 Å². The maximum Gasteiger partial charge on any atom is 0.162 e. The van der Waals surface area contributed by atoms with Crippen molar-refractivity contribution in [1.82, 2.24) is 14.9 Å². The third kappa shape index (κ3) is 4.43. The smallest absolute Gasteiger partial charge is 0.162 e. The Hall–Kier alpha value is -2.86. The number of benzene rings is 2. The number of anilines is 1. The van der Waals surface area contributed by atoms with Gasteiger partial charge in [-0.2, -0.15) is 0 Å². The van der Waals surface area contributed by atoms with Crippen molar-refractivity contribution in [2.75, 3.05) is 32.6 Å². The van der Waals surface area contributed by atoms with E-state index in [-0.39, 0.29) is 0 Å².